The average Bonchev–Trinajstić information content (AvgIpc) is 3.40. The number of amides is 1. The molecule has 2 unspecified atom stereocenters. The molecule has 0 radical (unpaired) electrons. The van der Waals surface area contributed by atoms with E-state index in [4.69, 9.17) is 4.74 Å². The predicted molar refractivity (Wildman–Crippen MR) is 102 cm³/mol. The molecule has 0 saturated carbocycles. The molecule has 1 saturated heterocycles. The van der Waals surface area contributed by atoms with Gasteiger partial charge in [-0.2, -0.15) is 5.10 Å². The molecule has 2 aliphatic rings. The molecule has 28 heavy (non-hydrogen) atoms. The van der Waals surface area contributed by atoms with E-state index >= 15 is 0 Å². The number of H-pyrrole nitrogens is 1. The summed E-state index contributed by atoms with van der Waals surface area (Å²) in [4.78, 5) is 18.9. The van der Waals surface area contributed by atoms with E-state index < -0.39 is 5.41 Å². The number of hydrogen-bond donors (Lipinski definition) is 2. The first-order valence-electron chi connectivity index (χ1n) is 9.28. The van der Waals surface area contributed by atoms with Crippen molar-refractivity contribution in [3.8, 4) is 17.0 Å². The summed E-state index contributed by atoms with van der Waals surface area (Å²) >= 11 is 0. The second-order valence-corrected chi connectivity index (χ2v) is 7.49. The van der Waals surface area contributed by atoms with Crippen molar-refractivity contribution in [3.63, 3.8) is 0 Å². The van der Waals surface area contributed by atoms with E-state index in [1.54, 1.807) is 23.4 Å². The number of pyridine rings is 1. The highest BCUT2D eigenvalue weighted by Gasteiger charge is 2.52. The number of ether oxygens (including phenoxy) is 1. The van der Waals surface area contributed by atoms with Crippen LogP contribution in [-0.4, -0.2) is 57.4 Å². The first-order valence-corrected chi connectivity index (χ1v) is 9.28. The number of rotatable bonds is 3. The van der Waals surface area contributed by atoms with Crippen molar-refractivity contribution >= 4 is 5.91 Å². The van der Waals surface area contributed by atoms with Crippen LogP contribution >= 0.6 is 0 Å². The van der Waals surface area contributed by atoms with Gasteiger partial charge in [0, 0.05) is 37.0 Å². The van der Waals surface area contributed by atoms with E-state index in [1.165, 1.54) is 0 Å². The summed E-state index contributed by atoms with van der Waals surface area (Å²) < 4.78 is 5.90. The van der Waals surface area contributed by atoms with Crippen molar-refractivity contribution in [2.75, 3.05) is 26.3 Å². The van der Waals surface area contributed by atoms with Crippen molar-refractivity contribution in [3.05, 3.63) is 66.1 Å². The fraction of sp³-hybridized carbons (Fsp3) is 0.286. The van der Waals surface area contributed by atoms with E-state index in [-0.39, 0.29) is 18.4 Å². The van der Waals surface area contributed by atoms with Gasteiger partial charge >= 0.3 is 0 Å². The quantitative estimate of drug-likeness (QED) is 0.730. The van der Waals surface area contributed by atoms with Gasteiger partial charge in [0.15, 0.2) is 0 Å². The number of carbonyl (C=O) groups is 1. The van der Waals surface area contributed by atoms with Crippen molar-refractivity contribution < 1.29 is 14.6 Å². The monoisotopic (exact) mass is 376 g/mol. The van der Waals surface area contributed by atoms with Gasteiger partial charge in [0.1, 0.15) is 11.4 Å². The Bertz CT molecular complexity index is 1020. The van der Waals surface area contributed by atoms with Gasteiger partial charge < -0.3 is 14.7 Å². The van der Waals surface area contributed by atoms with Crippen LogP contribution < -0.4 is 4.74 Å². The number of benzene rings is 1. The van der Waals surface area contributed by atoms with Gasteiger partial charge in [0.05, 0.1) is 24.3 Å². The fourth-order valence-corrected chi connectivity index (χ4v) is 4.30. The van der Waals surface area contributed by atoms with Crippen molar-refractivity contribution in [1.82, 2.24) is 20.1 Å². The zero-order chi connectivity index (χ0) is 19.1. The van der Waals surface area contributed by atoms with E-state index in [0.717, 1.165) is 16.9 Å². The normalized spacial score (nSPS) is 23.0. The number of likely N-dealkylation sites (tertiary alicyclic amines) is 1. The van der Waals surface area contributed by atoms with Crippen LogP contribution in [0.1, 0.15) is 22.0 Å². The third-order valence-electron chi connectivity index (χ3n) is 5.84. The molecule has 3 aromatic rings. The molecule has 0 spiro atoms. The first kappa shape index (κ1) is 16.9. The number of carbonyl (C=O) groups excluding carboxylic acids is 1. The average molecular weight is 376 g/mol. The Morgan fingerprint density at radius 2 is 2.11 bits per heavy atom. The summed E-state index contributed by atoms with van der Waals surface area (Å²) in [5, 5.41) is 17.3. The molecule has 0 aliphatic carbocycles. The number of hydrogen-bond acceptors (Lipinski definition) is 5. The number of aliphatic hydroxyl groups excluding tert-OH is 1. The molecular formula is C21H20N4O3. The lowest BCUT2D eigenvalue weighted by molar-refractivity contribution is 0.0439. The largest absolute Gasteiger partial charge is 0.493 e. The third kappa shape index (κ3) is 2.58. The minimum absolute atomic E-state index is 0.0268. The van der Waals surface area contributed by atoms with Crippen LogP contribution in [0.3, 0.4) is 0 Å². The smallest absolute Gasteiger partial charge is 0.271 e. The lowest BCUT2D eigenvalue weighted by atomic mass is 9.74. The van der Waals surface area contributed by atoms with E-state index in [0.29, 0.717) is 31.1 Å². The fourth-order valence-electron chi connectivity index (χ4n) is 4.30. The molecule has 7 nitrogen and oxygen atoms in total. The summed E-state index contributed by atoms with van der Waals surface area (Å²) in [6.45, 7) is 1.37. The molecule has 2 N–H and O–H groups in total. The van der Waals surface area contributed by atoms with Crippen LogP contribution in [-0.2, 0) is 0 Å². The Balaban J connectivity index is 1.43. The third-order valence-corrected chi connectivity index (χ3v) is 5.84. The molecule has 1 amide bonds. The molecule has 1 aromatic carbocycles. The highest BCUT2D eigenvalue weighted by atomic mass is 16.5. The SMILES string of the molecule is O=C(c1cc(-c2ccncc2)n[nH]1)N1CC2c3ccccc3OCC2(CO)C1. The van der Waals surface area contributed by atoms with Crippen LogP contribution in [0.5, 0.6) is 5.75 Å². The standard InChI is InChI=1S/C21H20N4O3/c26-12-21-11-25(10-16(21)15-3-1-2-4-19(15)28-13-21)20(27)18-9-17(23-24-18)14-5-7-22-8-6-14/h1-9,16,26H,10-13H2,(H,23,24). The molecule has 2 aromatic heterocycles. The number of fused-ring (bicyclic) bond motifs is 3. The number of aliphatic hydroxyl groups is 1. The molecular weight excluding hydrogens is 356 g/mol. The van der Waals surface area contributed by atoms with E-state index in [9.17, 15) is 9.90 Å². The van der Waals surface area contributed by atoms with Crippen molar-refractivity contribution in [2.45, 2.75) is 5.92 Å². The molecule has 1 fully saturated rings. The lowest BCUT2D eigenvalue weighted by Crippen LogP contribution is -2.42. The summed E-state index contributed by atoms with van der Waals surface area (Å²) in [6.07, 6.45) is 3.39. The number of nitrogens with zero attached hydrogens (tertiary/aromatic N) is 3. The second kappa shape index (κ2) is 6.45. The van der Waals surface area contributed by atoms with Crippen LogP contribution in [0.25, 0.3) is 11.3 Å². The summed E-state index contributed by atoms with van der Waals surface area (Å²) in [5.41, 5.74) is 2.62. The van der Waals surface area contributed by atoms with Gasteiger partial charge in [-0.3, -0.25) is 14.9 Å². The number of nitrogens with one attached hydrogen (secondary N) is 1. The number of aromatic nitrogens is 3. The maximum Gasteiger partial charge on any atom is 0.271 e. The Hall–Kier alpha value is -3.19. The van der Waals surface area contributed by atoms with Crippen LogP contribution in [0.15, 0.2) is 54.9 Å². The van der Waals surface area contributed by atoms with E-state index in [1.807, 2.05) is 36.4 Å². The predicted octanol–water partition coefficient (Wildman–Crippen LogP) is 2.08. The molecule has 142 valence electrons. The van der Waals surface area contributed by atoms with Gasteiger partial charge in [-0.15, -0.1) is 0 Å². The van der Waals surface area contributed by atoms with Crippen molar-refractivity contribution in [1.29, 1.82) is 0 Å². The van der Waals surface area contributed by atoms with Crippen LogP contribution in [0, 0.1) is 5.41 Å². The molecule has 2 aliphatic heterocycles. The summed E-state index contributed by atoms with van der Waals surface area (Å²) in [5.74, 6) is 0.772. The van der Waals surface area contributed by atoms with E-state index in [2.05, 4.69) is 15.2 Å². The lowest BCUT2D eigenvalue weighted by Gasteiger charge is -2.37. The number of aromatic amines is 1. The van der Waals surface area contributed by atoms with Gasteiger partial charge in [-0.05, 0) is 29.8 Å². The summed E-state index contributed by atoms with van der Waals surface area (Å²) in [7, 11) is 0. The van der Waals surface area contributed by atoms with Gasteiger partial charge in [0.2, 0.25) is 0 Å². The molecule has 2 atom stereocenters. The molecule has 5 rings (SSSR count). The van der Waals surface area contributed by atoms with Crippen LogP contribution in [0.2, 0.25) is 0 Å². The topological polar surface area (TPSA) is 91.3 Å². The zero-order valence-electron chi connectivity index (χ0n) is 15.2. The number of para-hydroxylation sites is 1. The molecule has 0 bridgehead atoms. The maximum absolute atomic E-state index is 13.1. The Labute approximate surface area is 162 Å². The first-order chi connectivity index (χ1) is 13.7. The minimum Gasteiger partial charge on any atom is -0.493 e. The highest BCUT2D eigenvalue weighted by Crippen LogP contribution is 2.49. The van der Waals surface area contributed by atoms with Gasteiger partial charge in [0.25, 0.3) is 5.91 Å². The minimum atomic E-state index is -0.474. The zero-order valence-corrected chi connectivity index (χ0v) is 15.2. The highest BCUT2D eigenvalue weighted by molar-refractivity contribution is 5.93. The maximum atomic E-state index is 13.1. The Morgan fingerprint density at radius 1 is 1.29 bits per heavy atom. The Morgan fingerprint density at radius 3 is 2.93 bits per heavy atom. The molecule has 4 heterocycles. The summed E-state index contributed by atoms with van der Waals surface area (Å²) in [6, 6.07) is 13.3. The Kier molecular flexibility index (Phi) is 3.91. The van der Waals surface area contributed by atoms with Gasteiger partial charge in [-0.25, -0.2) is 0 Å². The van der Waals surface area contributed by atoms with Crippen LogP contribution in [0.4, 0.5) is 0 Å². The molecule has 7 heteroatoms. The van der Waals surface area contributed by atoms with Crippen molar-refractivity contribution in [2.24, 2.45) is 5.41 Å². The second-order valence-electron chi connectivity index (χ2n) is 7.49. The van der Waals surface area contributed by atoms with Gasteiger partial charge in [-0.1, -0.05) is 18.2 Å².